The Morgan fingerprint density at radius 1 is 1.12 bits per heavy atom. The van der Waals surface area contributed by atoms with Gasteiger partial charge in [-0.15, -0.1) is 23.1 Å². The van der Waals surface area contributed by atoms with Gasteiger partial charge in [-0.25, -0.2) is 9.97 Å². The molecule has 0 fully saturated rings. The molecular formula is C19H20N4S2. The highest BCUT2D eigenvalue weighted by Gasteiger charge is 2.22. The number of fused-ring (bicyclic) bond motifs is 3. The van der Waals surface area contributed by atoms with Crippen molar-refractivity contribution >= 4 is 34.7 Å². The van der Waals surface area contributed by atoms with Crippen LogP contribution in [0.2, 0.25) is 0 Å². The van der Waals surface area contributed by atoms with E-state index >= 15 is 0 Å². The van der Waals surface area contributed by atoms with Crippen molar-refractivity contribution in [1.82, 2.24) is 15.3 Å². The molecule has 1 aliphatic rings. The fourth-order valence-corrected chi connectivity index (χ4v) is 5.35. The predicted molar refractivity (Wildman–Crippen MR) is 107 cm³/mol. The van der Waals surface area contributed by atoms with Crippen molar-refractivity contribution in [3.8, 4) is 11.3 Å². The molecule has 3 heterocycles. The first-order chi connectivity index (χ1) is 12.1. The normalized spacial score (nSPS) is 12.6. The van der Waals surface area contributed by atoms with E-state index in [1.165, 1.54) is 26.4 Å². The quantitative estimate of drug-likeness (QED) is 0.686. The van der Waals surface area contributed by atoms with Crippen LogP contribution in [-0.2, 0) is 12.3 Å². The Balaban J connectivity index is 1.69. The van der Waals surface area contributed by atoms with E-state index in [0.29, 0.717) is 5.95 Å². The van der Waals surface area contributed by atoms with Gasteiger partial charge in [0.1, 0.15) is 0 Å². The summed E-state index contributed by atoms with van der Waals surface area (Å²) >= 11 is 3.69. The predicted octanol–water partition coefficient (Wildman–Crippen LogP) is 4.89. The summed E-state index contributed by atoms with van der Waals surface area (Å²) in [5.41, 5.74) is 5.80. The Kier molecular flexibility index (Phi) is 4.50. The third-order valence-electron chi connectivity index (χ3n) is 4.06. The average Bonchev–Trinajstić information content (AvgIpc) is 2.97. The molecule has 0 aliphatic carbocycles. The van der Waals surface area contributed by atoms with Gasteiger partial charge in [-0.3, -0.25) is 0 Å². The minimum absolute atomic E-state index is 0.651. The highest BCUT2D eigenvalue weighted by Crippen LogP contribution is 2.44. The largest absolute Gasteiger partial charge is 0.324 e. The van der Waals surface area contributed by atoms with Crippen molar-refractivity contribution in [3.05, 3.63) is 51.3 Å². The molecule has 1 aromatic carbocycles. The Bertz CT molecular complexity index is 913. The Morgan fingerprint density at radius 2 is 1.92 bits per heavy atom. The molecule has 0 bridgehead atoms. The van der Waals surface area contributed by atoms with E-state index in [1.807, 2.05) is 36.3 Å². The highest BCUT2D eigenvalue weighted by atomic mass is 32.2. The molecule has 2 N–H and O–H groups in total. The average molecular weight is 369 g/mol. The van der Waals surface area contributed by atoms with Crippen molar-refractivity contribution in [1.29, 1.82) is 0 Å². The summed E-state index contributed by atoms with van der Waals surface area (Å²) in [6, 6.07) is 8.66. The van der Waals surface area contributed by atoms with Crippen LogP contribution in [0.3, 0.4) is 0 Å². The standard InChI is InChI=1S/C19H20N4S2/c1-11-4-12(2)6-13(5-11)22-19-21-9-16-18(23-19)15-7-14(8-20-3)25-17(15)10-24-16/h4-7,9,20H,8,10H2,1-3H3,(H,21,22,23). The summed E-state index contributed by atoms with van der Waals surface area (Å²) in [6.45, 7) is 5.10. The molecule has 0 atom stereocenters. The topological polar surface area (TPSA) is 49.8 Å². The number of nitrogens with zero attached hydrogens (tertiary/aromatic N) is 2. The molecule has 0 spiro atoms. The van der Waals surface area contributed by atoms with Crippen molar-refractivity contribution in [3.63, 3.8) is 0 Å². The van der Waals surface area contributed by atoms with E-state index in [1.54, 1.807) is 0 Å². The number of hydrogen-bond acceptors (Lipinski definition) is 6. The molecule has 3 aromatic rings. The van der Waals surface area contributed by atoms with Gasteiger partial charge in [-0.05, 0) is 50.2 Å². The molecule has 1 aliphatic heterocycles. The van der Waals surface area contributed by atoms with Crippen molar-refractivity contribution in [2.24, 2.45) is 0 Å². The van der Waals surface area contributed by atoms with Crippen molar-refractivity contribution in [2.75, 3.05) is 12.4 Å². The van der Waals surface area contributed by atoms with E-state index < -0.39 is 0 Å². The second-order valence-electron chi connectivity index (χ2n) is 6.28. The van der Waals surface area contributed by atoms with Crippen LogP contribution in [0.4, 0.5) is 11.6 Å². The van der Waals surface area contributed by atoms with Gasteiger partial charge in [0.15, 0.2) is 0 Å². The van der Waals surface area contributed by atoms with E-state index in [-0.39, 0.29) is 0 Å². The van der Waals surface area contributed by atoms with Gasteiger partial charge in [0, 0.05) is 39.5 Å². The van der Waals surface area contributed by atoms with E-state index in [0.717, 1.165) is 28.6 Å². The molecule has 6 heteroatoms. The number of aromatic nitrogens is 2. The Morgan fingerprint density at radius 3 is 2.68 bits per heavy atom. The summed E-state index contributed by atoms with van der Waals surface area (Å²) < 4.78 is 0. The maximum atomic E-state index is 4.83. The molecule has 0 unspecified atom stereocenters. The first-order valence-electron chi connectivity index (χ1n) is 8.24. The Hall–Kier alpha value is -1.89. The molecule has 0 radical (unpaired) electrons. The van der Waals surface area contributed by atoms with Crippen LogP contribution in [0.25, 0.3) is 11.3 Å². The number of anilines is 2. The second-order valence-corrected chi connectivity index (χ2v) is 8.51. The smallest absolute Gasteiger partial charge is 0.227 e. The molecule has 4 rings (SSSR count). The molecule has 4 nitrogen and oxygen atoms in total. The summed E-state index contributed by atoms with van der Waals surface area (Å²) in [6.07, 6.45) is 1.94. The summed E-state index contributed by atoms with van der Waals surface area (Å²) in [5, 5.41) is 6.59. The van der Waals surface area contributed by atoms with Crippen molar-refractivity contribution in [2.45, 2.75) is 31.0 Å². The van der Waals surface area contributed by atoms with Gasteiger partial charge < -0.3 is 10.6 Å². The minimum atomic E-state index is 0.651. The second kappa shape index (κ2) is 6.78. The lowest BCUT2D eigenvalue weighted by Crippen LogP contribution is -2.03. The summed E-state index contributed by atoms with van der Waals surface area (Å²) in [7, 11) is 1.98. The zero-order chi connectivity index (χ0) is 17.4. The lowest BCUT2D eigenvalue weighted by molar-refractivity contribution is 0.831. The van der Waals surface area contributed by atoms with Crippen molar-refractivity contribution < 1.29 is 0 Å². The van der Waals surface area contributed by atoms with Crippen LogP contribution in [0, 0.1) is 13.8 Å². The first kappa shape index (κ1) is 16.6. The zero-order valence-corrected chi connectivity index (χ0v) is 16.1. The zero-order valence-electron chi connectivity index (χ0n) is 14.5. The fraction of sp³-hybridized carbons (Fsp3) is 0.263. The van der Waals surface area contributed by atoms with Gasteiger partial charge in [-0.2, -0.15) is 0 Å². The first-order valence-corrected chi connectivity index (χ1v) is 10.0. The SMILES string of the molecule is CNCc1cc2c(s1)CSc1cnc(Nc3cc(C)cc(C)c3)nc1-2. The third-order valence-corrected chi connectivity index (χ3v) is 6.42. The maximum absolute atomic E-state index is 4.83. The van der Waals surface area contributed by atoms with E-state index in [9.17, 15) is 0 Å². The monoisotopic (exact) mass is 368 g/mol. The molecule has 0 saturated heterocycles. The number of rotatable bonds is 4. The Labute approximate surface area is 156 Å². The molecule has 0 amide bonds. The van der Waals surface area contributed by atoms with Crippen LogP contribution >= 0.6 is 23.1 Å². The molecule has 128 valence electrons. The lowest BCUT2D eigenvalue weighted by Gasteiger charge is -2.15. The van der Waals surface area contributed by atoms with E-state index in [4.69, 9.17) is 4.98 Å². The summed E-state index contributed by atoms with van der Waals surface area (Å²) in [5.74, 6) is 1.66. The molecule has 2 aromatic heterocycles. The van der Waals surface area contributed by atoms with Crippen LogP contribution in [0.1, 0.15) is 20.9 Å². The van der Waals surface area contributed by atoms with Crippen LogP contribution in [0.15, 0.2) is 35.4 Å². The number of hydrogen-bond donors (Lipinski definition) is 2. The number of benzene rings is 1. The molecule has 25 heavy (non-hydrogen) atoms. The number of thioether (sulfide) groups is 1. The van der Waals surface area contributed by atoms with Gasteiger partial charge >= 0.3 is 0 Å². The van der Waals surface area contributed by atoms with Crippen LogP contribution in [-0.4, -0.2) is 17.0 Å². The highest BCUT2D eigenvalue weighted by molar-refractivity contribution is 7.98. The minimum Gasteiger partial charge on any atom is -0.324 e. The van der Waals surface area contributed by atoms with E-state index in [2.05, 4.69) is 53.7 Å². The van der Waals surface area contributed by atoms with Gasteiger partial charge in [0.05, 0.1) is 10.6 Å². The third kappa shape index (κ3) is 3.42. The van der Waals surface area contributed by atoms with Gasteiger partial charge in [-0.1, -0.05) is 6.07 Å². The molecular weight excluding hydrogens is 348 g/mol. The number of aryl methyl sites for hydroxylation is 2. The van der Waals surface area contributed by atoms with Crippen LogP contribution in [0.5, 0.6) is 0 Å². The fourth-order valence-electron chi connectivity index (χ4n) is 3.10. The van der Waals surface area contributed by atoms with Gasteiger partial charge in [0.2, 0.25) is 5.95 Å². The number of thiophene rings is 1. The maximum Gasteiger partial charge on any atom is 0.227 e. The van der Waals surface area contributed by atoms with Gasteiger partial charge in [0.25, 0.3) is 0 Å². The number of nitrogens with one attached hydrogen (secondary N) is 2. The van der Waals surface area contributed by atoms with Crippen LogP contribution < -0.4 is 10.6 Å². The lowest BCUT2D eigenvalue weighted by atomic mass is 10.1. The summed E-state index contributed by atoms with van der Waals surface area (Å²) in [4.78, 5) is 13.2. The molecule has 0 saturated carbocycles.